The fourth-order valence-electron chi connectivity index (χ4n) is 3.47. The van der Waals surface area contributed by atoms with Crippen LogP contribution in [0.4, 0.5) is 0 Å². The molecular formula is C22H18O8. The summed E-state index contributed by atoms with van der Waals surface area (Å²) in [4.78, 5) is 12.0. The van der Waals surface area contributed by atoms with Crippen molar-refractivity contribution in [2.24, 2.45) is 0 Å². The van der Waals surface area contributed by atoms with Crippen LogP contribution in [0, 0.1) is 0 Å². The monoisotopic (exact) mass is 410 g/mol. The number of aromatic hydroxyl groups is 3. The number of methoxy groups -OCH3 is 3. The zero-order valence-corrected chi connectivity index (χ0v) is 16.3. The van der Waals surface area contributed by atoms with Gasteiger partial charge in [0, 0.05) is 28.6 Å². The number of rotatable bonds is 4. The molecule has 0 bridgehead atoms. The first-order valence-corrected chi connectivity index (χ1v) is 8.83. The highest BCUT2D eigenvalue weighted by molar-refractivity contribution is 6.03. The van der Waals surface area contributed by atoms with Gasteiger partial charge in [0.05, 0.1) is 21.3 Å². The molecule has 1 aliphatic carbocycles. The lowest BCUT2D eigenvalue weighted by atomic mass is 9.92. The smallest absolute Gasteiger partial charge is 0.223 e. The maximum atomic E-state index is 12.0. The third-order valence-corrected chi connectivity index (χ3v) is 4.85. The van der Waals surface area contributed by atoms with Gasteiger partial charge in [0.15, 0.2) is 28.7 Å². The standard InChI is InChI=1S/C22H18O8/c1-27-19-4-10(5-20(28-2)22(19)29-3)21-11-6-13(23)15(25)8-17(11)30-18-9-16(26)14(24)7-12(18)21/h4-9,23-25H,1-3H3. The summed E-state index contributed by atoms with van der Waals surface area (Å²) in [5, 5.41) is 30.5. The van der Waals surface area contributed by atoms with Gasteiger partial charge in [-0.2, -0.15) is 0 Å². The Balaban J connectivity index is 2.20. The molecule has 2 aromatic carbocycles. The number of fused-ring (bicyclic) bond motifs is 2. The molecule has 8 nitrogen and oxygen atoms in total. The minimum Gasteiger partial charge on any atom is -0.504 e. The van der Waals surface area contributed by atoms with Gasteiger partial charge >= 0.3 is 0 Å². The number of ether oxygens (including phenoxy) is 3. The second-order valence-electron chi connectivity index (χ2n) is 6.54. The zero-order valence-electron chi connectivity index (χ0n) is 16.3. The number of phenolic OH excluding ortho intramolecular Hbond substituents is 3. The van der Waals surface area contributed by atoms with Gasteiger partial charge in [0.2, 0.25) is 11.2 Å². The van der Waals surface area contributed by atoms with Crippen molar-refractivity contribution in [3.05, 3.63) is 46.6 Å². The summed E-state index contributed by atoms with van der Waals surface area (Å²) in [6, 6.07) is 8.44. The normalized spacial score (nSPS) is 11.0. The topological polar surface area (TPSA) is 119 Å². The average Bonchev–Trinajstić information content (AvgIpc) is 2.73. The zero-order chi connectivity index (χ0) is 21.6. The van der Waals surface area contributed by atoms with Crippen molar-refractivity contribution in [3.8, 4) is 56.9 Å². The highest BCUT2D eigenvalue weighted by Gasteiger charge is 2.23. The van der Waals surface area contributed by atoms with Crippen LogP contribution in [0.25, 0.3) is 33.4 Å². The lowest BCUT2D eigenvalue weighted by Gasteiger charge is -2.18. The third kappa shape index (κ3) is 2.89. The molecular weight excluding hydrogens is 392 g/mol. The predicted octanol–water partition coefficient (Wildman–Crippen LogP) is 3.71. The van der Waals surface area contributed by atoms with E-state index in [1.54, 1.807) is 12.1 Å². The molecule has 8 heteroatoms. The second kappa shape index (κ2) is 7.07. The fourth-order valence-corrected chi connectivity index (χ4v) is 3.47. The van der Waals surface area contributed by atoms with Gasteiger partial charge in [0.25, 0.3) is 0 Å². The maximum Gasteiger partial charge on any atom is 0.223 e. The van der Waals surface area contributed by atoms with Crippen molar-refractivity contribution in [2.75, 3.05) is 21.3 Å². The van der Waals surface area contributed by atoms with Crippen molar-refractivity contribution in [1.29, 1.82) is 0 Å². The molecule has 30 heavy (non-hydrogen) atoms. The number of hydrogen-bond donors (Lipinski definition) is 3. The van der Waals surface area contributed by atoms with Crippen molar-refractivity contribution in [2.45, 2.75) is 0 Å². The molecule has 154 valence electrons. The van der Waals surface area contributed by atoms with Crippen LogP contribution in [0.15, 0.2) is 45.6 Å². The average molecular weight is 410 g/mol. The number of hydrogen-bond acceptors (Lipinski definition) is 8. The summed E-state index contributed by atoms with van der Waals surface area (Å²) in [5.74, 6) is 0.192. The largest absolute Gasteiger partial charge is 0.504 e. The summed E-state index contributed by atoms with van der Waals surface area (Å²) in [6.07, 6.45) is 0. The lowest BCUT2D eigenvalue weighted by Crippen LogP contribution is -2.02. The van der Waals surface area contributed by atoms with E-state index >= 15 is 0 Å². The van der Waals surface area contributed by atoms with Crippen molar-refractivity contribution in [3.63, 3.8) is 0 Å². The highest BCUT2D eigenvalue weighted by Crippen LogP contribution is 2.48. The van der Waals surface area contributed by atoms with Gasteiger partial charge in [-0.05, 0) is 29.8 Å². The van der Waals surface area contributed by atoms with Crippen molar-refractivity contribution in [1.82, 2.24) is 0 Å². The summed E-state index contributed by atoms with van der Waals surface area (Å²) < 4.78 is 22.0. The lowest BCUT2D eigenvalue weighted by molar-refractivity contribution is 0.324. The van der Waals surface area contributed by atoms with Gasteiger partial charge < -0.3 is 33.9 Å². The van der Waals surface area contributed by atoms with Crippen LogP contribution in [0.3, 0.4) is 0 Å². The predicted molar refractivity (Wildman–Crippen MR) is 109 cm³/mol. The van der Waals surface area contributed by atoms with E-state index in [4.69, 9.17) is 18.6 Å². The van der Waals surface area contributed by atoms with E-state index in [1.807, 2.05) is 0 Å². The van der Waals surface area contributed by atoms with E-state index in [1.165, 1.54) is 39.5 Å². The van der Waals surface area contributed by atoms with E-state index in [0.717, 1.165) is 6.07 Å². The first kappa shape index (κ1) is 19.3. The van der Waals surface area contributed by atoms with E-state index in [0.29, 0.717) is 39.3 Å². The molecule has 0 fully saturated rings. The Morgan fingerprint density at radius 3 is 2.00 bits per heavy atom. The molecule has 4 rings (SSSR count). The van der Waals surface area contributed by atoms with Gasteiger partial charge in [0.1, 0.15) is 11.3 Å². The quantitative estimate of drug-likeness (QED) is 0.344. The number of benzene rings is 3. The van der Waals surface area contributed by atoms with Crippen LogP contribution in [-0.2, 0) is 0 Å². The molecule has 0 saturated carbocycles. The highest BCUT2D eigenvalue weighted by atomic mass is 16.5. The van der Waals surface area contributed by atoms with Crippen LogP contribution in [0.5, 0.6) is 34.5 Å². The fraction of sp³-hybridized carbons (Fsp3) is 0.136. The Labute approximate surface area is 170 Å². The third-order valence-electron chi connectivity index (χ3n) is 4.85. The van der Waals surface area contributed by atoms with Gasteiger partial charge in [-0.25, -0.2) is 0 Å². The summed E-state index contributed by atoms with van der Waals surface area (Å²) >= 11 is 0. The minimum atomic E-state index is -0.607. The maximum absolute atomic E-state index is 12.0. The molecule has 2 aliphatic rings. The Bertz CT molecular complexity index is 1280. The van der Waals surface area contributed by atoms with Crippen LogP contribution >= 0.6 is 0 Å². The molecule has 1 aliphatic heterocycles. The SMILES string of the molecule is COc1cc(-c2c3cc(O)c(=O)cc-3oc3cc(O)c(O)cc23)cc(OC)c1OC. The van der Waals surface area contributed by atoms with Crippen LogP contribution in [0.1, 0.15) is 0 Å². The Hall–Kier alpha value is -4.07. The Morgan fingerprint density at radius 2 is 1.40 bits per heavy atom. The molecule has 2 aromatic rings. The second-order valence-corrected chi connectivity index (χ2v) is 6.54. The van der Waals surface area contributed by atoms with E-state index < -0.39 is 11.2 Å². The molecule has 0 amide bonds. The van der Waals surface area contributed by atoms with E-state index in [-0.39, 0.29) is 22.8 Å². The molecule has 1 heterocycles. The Kier molecular flexibility index (Phi) is 4.54. The molecule has 0 aromatic heterocycles. The molecule has 0 saturated heterocycles. The Morgan fingerprint density at radius 1 is 0.767 bits per heavy atom. The van der Waals surface area contributed by atoms with E-state index in [2.05, 4.69) is 0 Å². The van der Waals surface area contributed by atoms with Crippen LogP contribution < -0.4 is 19.6 Å². The summed E-state index contributed by atoms with van der Waals surface area (Å²) in [7, 11) is 4.45. The van der Waals surface area contributed by atoms with Crippen LogP contribution in [0.2, 0.25) is 0 Å². The first-order valence-electron chi connectivity index (χ1n) is 8.83. The van der Waals surface area contributed by atoms with Gasteiger partial charge in [-0.3, -0.25) is 4.79 Å². The first-order chi connectivity index (χ1) is 14.4. The molecule has 0 spiro atoms. The van der Waals surface area contributed by atoms with Crippen molar-refractivity contribution < 1.29 is 33.9 Å². The minimum absolute atomic E-state index is 0.194. The summed E-state index contributed by atoms with van der Waals surface area (Å²) in [6.45, 7) is 0. The molecule has 0 radical (unpaired) electrons. The molecule has 0 unspecified atom stereocenters. The van der Waals surface area contributed by atoms with Gasteiger partial charge in [-0.1, -0.05) is 0 Å². The van der Waals surface area contributed by atoms with Gasteiger partial charge in [-0.15, -0.1) is 0 Å². The number of phenols is 3. The molecule has 3 N–H and O–H groups in total. The molecule has 0 atom stereocenters. The van der Waals surface area contributed by atoms with E-state index in [9.17, 15) is 20.1 Å². The summed E-state index contributed by atoms with van der Waals surface area (Å²) in [5.41, 5.74) is 1.14. The van der Waals surface area contributed by atoms with Crippen molar-refractivity contribution >= 4 is 11.0 Å². The van der Waals surface area contributed by atoms with Crippen LogP contribution in [-0.4, -0.2) is 36.6 Å².